The lowest BCUT2D eigenvalue weighted by Crippen LogP contribution is -2.45. The first-order chi connectivity index (χ1) is 19.5. The molecule has 0 radical (unpaired) electrons. The van der Waals surface area contributed by atoms with Gasteiger partial charge in [0.1, 0.15) is 5.69 Å². The van der Waals surface area contributed by atoms with Crippen LogP contribution >= 0.6 is 11.6 Å². The maximum Gasteiger partial charge on any atom is 0.417 e. The fourth-order valence-corrected chi connectivity index (χ4v) is 6.20. The molecule has 0 saturated heterocycles. The Morgan fingerprint density at radius 1 is 1.17 bits per heavy atom. The summed E-state index contributed by atoms with van der Waals surface area (Å²) >= 11 is 5.75. The quantitative estimate of drug-likeness (QED) is 0.440. The fourth-order valence-electron chi connectivity index (χ4n) is 5.42. The molecule has 0 saturated carbocycles. The molecule has 3 atom stereocenters. The average Bonchev–Trinajstić information content (AvgIpc) is 3.27. The van der Waals surface area contributed by atoms with Gasteiger partial charge < -0.3 is 9.80 Å². The largest absolute Gasteiger partial charge is 0.417 e. The van der Waals surface area contributed by atoms with E-state index in [9.17, 15) is 31.2 Å². The summed E-state index contributed by atoms with van der Waals surface area (Å²) < 4.78 is 67.4. The van der Waals surface area contributed by atoms with Gasteiger partial charge in [0.05, 0.1) is 58.7 Å². The van der Waals surface area contributed by atoms with E-state index in [-0.39, 0.29) is 30.1 Å². The smallest absolute Gasteiger partial charge is 0.331 e. The van der Waals surface area contributed by atoms with Crippen molar-refractivity contribution in [2.24, 2.45) is 0 Å². The van der Waals surface area contributed by atoms with E-state index in [0.717, 1.165) is 18.4 Å². The van der Waals surface area contributed by atoms with Crippen LogP contribution < -0.4 is 4.72 Å². The van der Waals surface area contributed by atoms with Crippen molar-refractivity contribution in [3.8, 4) is 0 Å². The van der Waals surface area contributed by atoms with E-state index in [1.807, 2.05) is 13.8 Å². The van der Waals surface area contributed by atoms with Gasteiger partial charge in [-0.05, 0) is 51.1 Å². The van der Waals surface area contributed by atoms with E-state index in [1.165, 1.54) is 17.2 Å². The lowest BCUT2D eigenvalue weighted by Gasteiger charge is -2.37. The molecule has 5 rings (SSSR count). The Hall–Kier alpha value is -3.65. The molecule has 2 aliphatic heterocycles. The molecule has 1 unspecified atom stereocenters. The monoisotopic (exact) mass is 624 g/mol. The highest BCUT2D eigenvalue weighted by molar-refractivity contribution is 7.92. The molecule has 1 aromatic carbocycles. The molecule has 2 aromatic heterocycles. The minimum absolute atomic E-state index is 0.000562. The molecule has 0 spiro atoms. The molecule has 10 nitrogen and oxygen atoms in total. The van der Waals surface area contributed by atoms with Crippen molar-refractivity contribution < 1.29 is 31.2 Å². The number of carbonyl (C=O) groups excluding carboxylic acids is 2. The topological polar surface area (TPSA) is 118 Å². The number of fused-ring (bicyclic) bond motifs is 3. The number of rotatable bonds is 5. The van der Waals surface area contributed by atoms with Gasteiger partial charge in [0.15, 0.2) is 0 Å². The number of alkyl halides is 3. The number of hydrogen-bond acceptors (Lipinski definition) is 6. The number of aromatic nitrogens is 3. The zero-order valence-corrected chi connectivity index (χ0v) is 24.7. The number of nitrogens with one attached hydrogen (secondary N) is 1. The predicted molar refractivity (Wildman–Crippen MR) is 149 cm³/mol. The Bertz CT molecular complexity index is 1680. The van der Waals surface area contributed by atoms with Gasteiger partial charge in [0.2, 0.25) is 10.0 Å². The highest BCUT2D eigenvalue weighted by Crippen LogP contribution is 2.37. The van der Waals surface area contributed by atoms with Crippen LogP contribution in [-0.4, -0.2) is 63.6 Å². The van der Waals surface area contributed by atoms with E-state index in [0.29, 0.717) is 41.3 Å². The molecule has 2 aliphatic rings. The number of anilines is 1. The van der Waals surface area contributed by atoms with Gasteiger partial charge >= 0.3 is 6.18 Å². The maximum atomic E-state index is 13.9. The molecule has 4 heterocycles. The van der Waals surface area contributed by atoms with E-state index in [1.54, 1.807) is 28.6 Å². The zero-order valence-electron chi connectivity index (χ0n) is 23.1. The fraction of sp³-hybridized carbons (Fsp3) is 0.407. The van der Waals surface area contributed by atoms with Crippen LogP contribution in [0.25, 0.3) is 0 Å². The molecule has 42 heavy (non-hydrogen) atoms. The van der Waals surface area contributed by atoms with Crippen molar-refractivity contribution in [1.82, 2.24) is 24.6 Å². The van der Waals surface area contributed by atoms with E-state index in [4.69, 9.17) is 16.7 Å². The summed E-state index contributed by atoms with van der Waals surface area (Å²) in [7, 11) is -3.47. The Balaban J connectivity index is 1.43. The molecule has 15 heteroatoms. The van der Waals surface area contributed by atoms with Crippen molar-refractivity contribution in [2.75, 3.05) is 17.5 Å². The summed E-state index contributed by atoms with van der Waals surface area (Å²) in [5, 5.41) is 4.20. The SMILES string of the molecule is CC(c1ccc(NS(C)(=O)=O)cn1)N1C[C@@H](C)n2nc3c(c2C1=O)CN(C(=O)c1ccc(Cl)c(C(F)(F)F)c1)[C@H](C)C3. The first-order valence-corrected chi connectivity index (χ1v) is 15.3. The normalized spacial score (nSPS) is 19.8. The average molecular weight is 625 g/mol. The highest BCUT2D eigenvalue weighted by Gasteiger charge is 2.41. The number of pyridine rings is 1. The second-order valence-electron chi connectivity index (χ2n) is 10.7. The third-order valence-corrected chi connectivity index (χ3v) is 8.48. The Morgan fingerprint density at radius 3 is 2.50 bits per heavy atom. The van der Waals surface area contributed by atoms with Crippen molar-refractivity contribution in [3.05, 3.63) is 75.3 Å². The molecule has 3 aromatic rings. The lowest BCUT2D eigenvalue weighted by molar-refractivity contribution is -0.137. The van der Waals surface area contributed by atoms with Crippen LogP contribution in [0, 0.1) is 0 Å². The molecule has 1 N–H and O–H groups in total. The number of amides is 2. The van der Waals surface area contributed by atoms with Gasteiger partial charge in [-0.2, -0.15) is 18.3 Å². The third kappa shape index (κ3) is 5.56. The van der Waals surface area contributed by atoms with Gasteiger partial charge in [0.25, 0.3) is 11.8 Å². The third-order valence-electron chi connectivity index (χ3n) is 7.55. The summed E-state index contributed by atoms with van der Waals surface area (Å²) in [5.41, 5.74) is 1.13. The van der Waals surface area contributed by atoms with Gasteiger partial charge in [-0.3, -0.25) is 24.0 Å². The van der Waals surface area contributed by atoms with Gasteiger partial charge in [-0.15, -0.1) is 0 Å². The minimum Gasteiger partial charge on any atom is -0.331 e. The molecule has 0 bridgehead atoms. The van der Waals surface area contributed by atoms with Crippen LogP contribution in [0.5, 0.6) is 0 Å². The summed E-state index contributed by atoms with van der Waals surface area (Å²) in [4.78, 5) is 34.8. The van der Waals surface area contributed by atoms with Crippen molar-refractivity contribution in [2.45, 2.75) is 58.0 Å². The number of benzene rings is 1. The van der Waals surface area contributed by atoms with E-state index in [2.05, 4.69) is 9.71 Å². The first-order valence-electron chi connectivity index (χ1n) is 13.1. The van der Waals surface area contributed by atoms with Gasteiger partial charge in [0, 0.05) is 30.1 Å². The van der Waals surface area contributed by atoms with Crippen LogP contribution in [0.15, 0.2) is 36.5 Å². The molecule has 224 valence electrons. The Labute approximate surface area is 245 Å². The lowest BCUT2D eigenvalue weighted by atomic mass is 9.96. The second-order valence-corrected chi connectivity index (χ2v) is 12.9. The predicted octanol–water partition coefficient (Wildman–Crippen LogP) is 4.69. The van der Waals surface area contributed by atoms with Gasteiger partial charge in [-0.25, -0.2) is 8.42 Å². The van der Waals surface area contributed by atoms with Crippen LogP contribution in [0.2, 0.25) is 5.02 Å². The van der Waals surface area contributed by atoms with Crippen LogP contribution in [0.3, 0.4) is 0 Å². The number of sulfonamides is 1. The maximum absolute atomic E-state index is 13.9. The van der Waals surface area contributed by atoms with Crippen molar-refractivity contribution in [1.29, 1.82) is 0 Å². The number of halogens is 4. The van der Waals surface area contributed by atoms with Crippen LogP contribution in [0.4, 0.5) is 18.9 Å². The van der Waals surface area contributed by atoms with Crippen molar-refractivity contribution >= 4 is 39.1 Å². The summed E-state index contributed by atoms with van der Waals surface area (Å²) in [6.45, 7) is 5.85. The number of hydrogen-bond donors (Lipinski definition) is 1. The first kappa shape index (κ1) is 29.8. The molecular formula is C27H28ClF3N6O4S. The molecular weight excluding hydrogens is 597 g/mol. The molecule has 0 fully saturated rings. The van der Waals surface area contributed by atoms with E-state index >= 15 is 0 Å². The van der Waals surface area contributed by atoms with Crippen molar-refractivity contribution in [3.63, 3.8) is 0 Å². The van der Waals surface area contributed by atoms with Crippen LogP contribution in [-0.2, 0) is 29.2 Å². The zero-order chi connectivity index (χ0) is 30.7. The Morgan fingerprint density at radius 2 is 1.88 bits per heavy atom. The number of nitrogens with zero attached hydrogens (tertiary/aromatic N) is 5. The summed E-state index contributed by atoms with van der Waals surface area (Å²) in [6, 6.07) is 5.22. The van der Waals surface area contributed by atoms with Gasteiger partial charge in [-0.1, -0.05) is 11.6 Å². The standard InChI is InChI=1S/C27H28ClF3N6O4S/c1-14-9-23-19(13-35(14)25(38)17-5-7-21(28)20(10-17)27(29,30)31)24-26(39)36(12-15(2)37(24)33-23)16(3)22-8-6-18(11-32-22)34-42(4,40)41/h5-8,10-11,14-16,34H,9,12-13H2,1-4H3/t14-,15-,16?/m1/s1. The van der Waals surface area contributed by atoms with Crippen LogP contribution in [0.1, 0.15) is 76.2 Å². The summed E-state index contributed by atoms with van der Waals surface area (Å²) in [6.07, 6.45) is -1.98. The highest BCUT2D eigenvalue weighted by atomic mass is 35.5. The molecule has 0 aliphatic carbocycles. The second kappa shape index (κ2) is 10.6. The minimum atomic E-state index is -4.72. The molecule has 2 amide bonds. The van der Waals surface area contributed by atoms with E-state index < -0.39 is 38.7 Å². The number of carbonyl (C=O) groups is 2. The summed E-state index contributed by atoms with van der Waals surface area (Å²) in [5.74, 6) is -0.925. The Kier molecular flexibility index (Phi) is 7.50.